The molecule has 1 aromatic heterocycles. The minimum atomic E-state index is 0.755. The minimum absolute atomic E-state index is 0.755. The zero-order chi connectivity index (χ0) is 9.26. The van der Waals surface area contributed by atoms with Crippen LogP contribution in [0.15, 0.2) is 35.7 Å². The van der Waals surface area contributed by atoms with Gasteiger partial charge in [0.25, 0.3) is 0 Å². The van der Waals surface area contributed by atoms with E-state index >= 15 is 0 Å². The summed E-state index contributed by atoms with van der Waals surface area (Å²) in [6, 6.07) is 9.68. The van der Waals surface area contributed by atoms with Gasteiger partial charge in [-0.1, -0.05) is 35.3 Å². The lowest BCUT2D eigenvalue weighted by atomic mass is 10.1. The Hall–Kier alpha value is -0.500. The smallest absolute Gasteiger partial charge is 0.0934 e. The summed E-state index contributed by atoms with van der Waals surface area (Å²) in [5, 5.41) is 2.79. The summed E-state index contributed by atoms with van der Waals surface area (Å²) in [7, 11) is 0. The first-order chi connectivity index (χ1) is 6.25. The van der Waals surface area contributed by atoms with E-state index in [0.717, 1.165) is 20.5 Å². The van der Waals surface area contributed by atoms with Crippen molar-refractivity contribution in [1.29, 1.82) is 0 Å². The molecule has 1 aromatic carbocycles. The van der Waals surface area contributed by atoms with E-state index < -0.39 is 0 Å². The molecule has 0 bridgehead atoms. The second-order valence-electron chi connectivity index (χ2n) is 2.65. The highest BCUT2D eigenvalue weighted by Crippen LogP contribution is 2.29. The van der Waals surface area contributed by atoms with Crippen LogP contribution in [-0.2, 0) is 0 Å². The van der Waals surface area contributed by atoms with Gasteiger partial charge in [-0.2, -0.15) is 0 Å². The number of hydrogen-bond donors (Lipinski definition) is 0. The van der Waals surface area contributed by atoms with E-state index in [9.17, 15) is 0 Å². The van der Waals surface area contributed by atoms with E-state index in [2.05, 4.69) is 0 Å². The molecule has 3 heteroatoms. The Morgan fingerprint density at radius 3 is 2.15 bits per heavy atom. The second-order valence-corrected chi connectivity index (χ2v) is 4.63. The van der Waals surface area contributed by atoms with E-state index in [1.165, 1.54) is 11.3 Å². The summed E-state index contributed by atoms with van der Waals surface area (Å²) in [5.41, 5.74) is 2.29. The van der Waals surface area contributed by atoms with Gasteiger partial charge in [0, 0.05) is 10.4 Å². The van der Waals surface area contributed by atoms with Gasteiger partial charge in [-0.3, -0.25) is 0 Å². The third-order valence-electron chi connectivity index (χ3n) is 1.75. The maximum absolute atomic E-state index is 5.83. The molecular weight excluding hydrogens is 223 g/mol. The molecule has 0 atom stereocenters. The fraction of sp³-hybridized carbons (Fsp3) is 0. The van der Waals surface area contributed by atoms with E-state index in [1.54, 1.807) is 0 Å². The van der Waals surface area contributed by atoms with Crippen molar-refractivity contribution in [2.45, 2.75) is 0 Å². The van der Waals surface area contributed by atoms with Crippen molar-refractivity contribution in [2.24, 2.45) is 0 Å². The Labute approximate surface area is 90.7 Å². The molecule has 0 N–H and O–H groups in total. The highest BCUT2D eigenvalue weighted by Gasteiger charge is 1.99. The van der Waals surface area contributed by atoms with Gasteiger partial charge < -0.3 is 0 Å². The number of benzene rings is 1. The molecule has 0 nitrogen and oxygen atoms in total. The van der Waals surface area contributed by atoms with E-state index in [-0.39, 0.29) is 0 Å². The third kappa shape index (κ3) is 2.05. The van der Waals surface area contributed by atoms with Gasteiger partial charge in [-0.15, -0.1) is 11.3 Å². The second kappa shape index (κ2) is 3.70. The summed E-state index contributed by atoms with van der Waals surface area (Å²) < 4.78 is 0.810. The molecule has 0 radical (unpaired) electrons. The largest absolute Gasteiger partial charge is 0.131 e. The molecule has 0 spiro atoms. The molecule has 0 unspecified atom stereocenters. The Morgan fingerprint density at radius 2 is 1.62 bits per heavy atom. The molecule has 0 amide bonds. The van der Waals surface area contributed by atoms with Crippen molar-refractivity contribution in [2.75, 3.05) is 0 Å². The third-order valence-corrected chi connectivity index (χ3v) is 3.09. The first kappa shape index (κ1) is 9.07. The Morgan fingerprint density at radius 1 is 0.923 bits per heavy atom. The van der Waals surface area contributed by atoms with Crippen LogP contribution in [0.2, 0.25) is 9.36 Å². The highest BCUT2D eigenvalue weighted by molar-refractivity contribution is 7.14. The van der Waals surface area contributed by atoms with Gasteiger partial charge in [-0.05, 0) is 29.3 Å². The van der Waals surface area contributed by atoms with Gasteiger partial charge in [0.2, 0.25) is 0 Å². The van der Waals surface area contributed by atoms with Gasteiger partial charge in [-0.25, -0.2) is 0 Å². The summed E-state index contributed by atoms with van der Waals surface area (Å²) in [6.07, 6.45) is 0. The Balaban J connectivity index is 2.41. The molecule has 0 fully saturated rings. The lowest BCUT2D eigenvalue weighted by Gasteiger charge is -1.96. The van der Waals surface area contributed by atoms with Crippen LogP contribution in [0.4, 0.5) is 0 Å². The highest BCUT2D eigenvalue weighted by atomic mass is 35.5. The molecule has 13 heavy (non-hydrogen) atoms. The van der Waals surface area contributed by atoms with Gasteiger partial charge >= 0.3 is 0 Å². The molecule has 0 aliphatic heterocycles. The zero-order valence-corrected chi connectivity index (χ0v) is 8.96. The standard InChI is InChI=1S/C10H6Cl2S/c11-9-3-1-7(2-4-9)8-5-10(12)13-6-8/h1-6H. The van der Waals surface area contributed by atoms with Crippen molar-refractivity contribution < 1.29 is 0 Å². The summed E-state index contributed by atoms with van der Waals surface area (Å²) in [4.78, 5) is 0. The lowest BCUT2D eigenvalue weighted by Crippen LogP contribution is -1.71. The normalized spacial score (nSPS) is 10.3. The minimum Gasteiger partial charge on any atom is -0.131 e. The fourth-order valence-corrected chi connectivity index (χ4v) is 2.12. The van der Waals surface area contributed by atoms with E-state index in [1.807, 2.05) is 35.7 Å². The molecule has 0 saturated carbocycles. The monoisotopic (exact) mass is 228 g/mol. The van der Waals surface area contributed by atoms with Crippen molar-refractivity contribution in [3.63, 3.8) is 0 Å². The van der Waals surface area contributed by atoms with Crippen molar-refractivity contribution in [3.05, 3.63) is 45.1 Å². The van der Waals surface area contributed by atoms with Crippen LogP contribution >= 0.6 is 34.5 Å². The summed E-state index contributed by atoms with van der Waals surface area (Å²) >= 11 is 13.2. The van der Waals surface area contributed by atoms with E-state index in [4.69, 9.17) is 23.2 Å². The zero-order valence-electron chi connectivity index (χ0n) is 6.63. The van der Waals surface area contributed by atoms with Crippen LogP contribution in [0.3, 0.4) is 0 Å². The van der Waals surface area contributed by atoms with Crippen molar-refractivity contribution in [1.82, 2.24) is 0 Å². The molecule has 0 aliphatic rings. The Bertz CT molecular complexity index is 403. The molecule has 1 heterocycles. The molecule has 0 saturated heterocycles. The van der Waals surface area contributed by atoms with Crippen LogP contribution < -0.4 is 0 Å². The quantitative estimate of drug-likeness (QED) is 0.663. The van der Waals surface area contributed by atoms with Gasteiger partial charge in [0.15, 0.2) is 0 Å². The first-order valence-corrected chi connectivity index (χ1v) is 5.39. The van der Waals surface area contributed by atoms with E-state index in [0.29, 0.717) is 0 Å². The topological polar surface area (TPSA) is 0 Å². The molecule has 66 valence electrons. The van der Waals surface area contributed by atoms with Crippen LogP contribution in [0.1, 0.15) is 0 Å². The number of hydrogen-bond acceptors (Lipinski definition) is 1. The van der Waals surface area contributed by atoms with Gasteiger partial charge in [0.1, 0.15) is 0 Å². The summed E-state index contributed by atoms with van der Waals surface area (Å²) in [6.45, 7) is 0. The first-order valence-electron chi connectivity index (χ1n) is 3.76. The lowest BCUT2D eigenvalue weighted by molar-refractivity contribution is 1.67. The maximum atomic E-state index is 5.83. The number of thiophene rings is 1. The van der Waals surface area contributed by atoms with Crippen LogP contribution in [0.25, 0.3) is 11.1 Å². The van der Waals surface area contributed by atoms with Crippen LogP contribution in [-0.4, -0.2) is 0 Å². The van der Waals surface area contributed by atoms with Crippen LogP contribution in [0.5, 0.6) is 0 Å². The molecule has 2 aromatic rings. The Kier molecular flexibility index (Phi) is 2.58. The van der Waals surface area contributed by atoms with Crippen LogP contribution in [0, 0.1) is 0 Å². The van der Waals surface area contributed by atoms with Gasteiger partial charge in [0.05, 0.1) is 4.34 Å². The van der Waals surface area contributed by atoms with Crippen molar-refractivity contribution >= 4 is 34.5 Å². The molecule has 2 rings (SSSR count). The average Bonchev–Trinajstić information content (AvgIpc) is 2.53. The maximum Gasteiger partial charge on any atom is 0.0934 e. The number of rotatable bonds is 1. The fourth-order valence-electron chi connectivity index (χ4n) is 1.10. The summed E-state index contributed by atoms with van der Waals surface area (Å²) in [5.74, 6) is 0. The predicted molar refractivity (Wildman–Crippen MR) is 59.8 cm³/mol. The molecule has 0 aliphatic carbocycles. The number of halogens is 2. The average molecular weight is 229 g/mol. The van der Waals surface area contributed by atoms with Crippen molar-refractivity contribution in [3.8, 4) is 11.1 Å². The SMILES string of the molecule is Clc1ccc(-c2csc(Cl)c2)cc1. The predicted octanol–water partition coefficient (Wildman–Crippen LogP) is 4.72. The molecular formula is C10H6Cl2S.